The van der Waals surface area contributed by atoms with E-state index in [1.165, 1.54) is 64.6 Å². The van der Waals surface area contributed by atoms with Crippen LogP contribution < -0.4 is 10.6 Å². The second kappa shape index (κ2) is 5.05. The van der Waals surface area contributed by atoms with Crippen molar-refractivity contribution in [2.75, 3.05) is 19.6 Å². The lowest BCUT2D eigenvalue weighted by Gasteiger charge is -2.40. The van der Waals surface area contributed by atoms with Gasteiger partial charge in [0.25, 0.3) is 0 Å². The summed E-state index contributed by atoms with van der Waals surface area (Å²) in [5.41, 5.74) is 0.976. The van der Waals surface area contributed by atoms with Gasteiger partial charge in [-0.3, -0.25) is 0 Å². The first-order chi connectivity index (χ1) is 7.68. The molecule has 1 atom stereocenters. The van der Waals surface area contributed by atoms with Crippen molar-refractivity contribution in [2.24, 2.45) is 5.41 Å². The third-order valence-corrected chi connectivity index (χ3v) is 4.91. The molecule has 0 amide bonds. The molecule has 94 valence electrons. The molecule has 2 rings (SSSR count). The second-order valence-corrected chi connectivity index (χ2v) is 6.26. The van der Waals surface area contributed by atoms with Crippen LogP contribution in [-0.2, 0) is 0 Å². The zero-order valence-electron chi connectivity index (χ0n) is 11.1. The normalized spacial score (nSPS) is 34.1. The van der Waals surface area contributed by atoms with Crippen LogP contribution in [0.2, 0.25) is 0 Å². The van der Waals surface area contributed by atoms with E-state index in [2.05, 4.69) is 24.5 Å². The van der Waals surface area contributed by atoms with Crippen molar-refractivity contribution in [1.29, 1.82) is 0 Å². The van der Waals surface area contributed by atoms with Crippen molar-refractivity contribution >= 4 is 0 Å². The van der Waals surface area contributed by atoms with Gasteiger partial charge in [0.1, 0.15) is 0 Å². The van der Waals surface area contributed by atoms with Crippen LogP contribution in [0.3, 0.4) is 0 Å². The van der Waals surface area contributed by atoms with Gasteiger partial charge in [-0.25, -0.2) is 0 Å². The van der Waals surface area contributed by atoms with E-state index in [1.807, 2.05) is 0 Å². The highest BCUT2D eigenvalue weighted by Crippen LogP contribution is 2.33. The number of hydrogen-bond acceptors (Lipinski definition) is 2. The molecule has 1 unspecified atom stereocenters. The fourth-order valence-electron chi connectivity index (χ4n) is 3.34. The molecule has 0 bridgehead atoms. The maximum atomic E-state index is 3.88. The first kappa shape index (κ1) is 12.4. The van der Waals surface area contributed by atoms with E-state index in [9.17, 15) is 0 Å². The minimum absolute atomic E-state index is 0.444. The van der Waals surface area contributed by atoms with Crippen molar-refractivity contribution in [3.8, 4) is 0 Å². The lowest BCUT2D eigenvalue weighted by atomic mass is 9.77. The van der Waals surface area contributed by atoms with Gasteiger partial charge in [-0.1, -0.05) is 19.8 Å². The Balaban J connectivity index is 1.86. The molecule has 0 spiro atoms. The maximum Gasteiger partial charge on any atom is 0.0153 e. The first-order valence-electron chi connectivity index (χ1n) is 7.14. The van der Waals surface area contributed by atoms with E-state index in [1.54, 1.807) is 0 Å². The summed E-state index contributed by atoms with van der Waals surface area (Å²) in [6.07, 6.45) is 9.65. The summed E-state index contributed by atoms with van der Waals surface area (Å²) in [6, 6.07) is 0. The lowest BCUT2D eigenvalue weighted by Crippen LogP contribution is -2.51. The smallest absolute Gasteiger partial charge is 0.0153 e. The van der Waals surface area contributed by atoms with Gasteiger partial charge in [0.05, 0.1) is 0 Å². The fraction of sp³-hybridized carbons (Fsp3) is 1.00. The molecule has 0 aromatic heterocycles. The molecule has 2 fully saturated rings. The van der Waals surface area contributed by atoms with Gasteiger partial charge in [0.15, 0.2) is 0 Å². The molecule has 1 saturated carbocycles. The SMILES string of the molecule is CCC1(CNC2(C)CCCC2)CCCNC1. The Labute approximate surface area is 101 Å². The van der Waals surface area contributed by atoms with Gasteiger partial charge in [-0.05, 0) is 51.0 Å². The molecule has 1 heterocycles. The van der Waals surface area contributed by atoms with Crippen LogP contribution in [0.4, 0.5) is 0 Å². The quantitative estimate of drug-likeness (QED) is 0.767. The predicted octanol–water partition coefficient (Wildman–Crippen LogP) is 2.69. The highest BCUT2D eigenvalue weighted by molar-refractivity contribution is 4.93. The van der Waals surface area contributed by atoms with Crippen LogP contribution in [0.5, 0.6) is 0 Å². The second-order valence-electron chi connectivity index (χ2n) is 6.26. The number of hydrogen-bond donors (Lipinski definition) is 2. The highest BCUT2D eigenvalue weighted by atomic mass is 15.0. The van der Waals surface area contributed by atoms with Gasteiger partial charge in [-0.15, -0.1) is 0 Å². The van der Waals surface area contributed by atoms with Crippen molar-refractivity contribution in [3.63, 3.8) is 0 Å². The fourth-order valence-corrected chi connectivity index (χ4v) is 3.34. The van der Waals surface area contributed by atoms with Crippen LogP contribution >= 0.6 is 0 Å². The summed E-state index contributed by atoms with van der Waals surface area (Å²) in [7, 11) is 0. The molecule has 0 radical (unpaired) electrons. The van der Waals surface area contributed by atoms with E-state index >= 15 is 0 Å². The van der Waals surface area contributed by atoms with Gasteiger partial charge >= 0.3 is 0 Å². The van der Waals surface area contributed by atoms with Crippen LogP contribution in [0.1, 0.15) is 58.8 Å². The number of piperidine rings is 1. The van der Waals surface area contributed by atoms with E-state index in [-0.39, 0.29) is 0 Å². The zero-order chi connectivity index (χ0) is 11.5. The number of rotatable bonds is 4. The highest BCUT2D eigenvalue weighted by Gasteiger charge is 2.34. The maximum absolute atomic E-state index is 3.88. The van der Waals surface area contributed by atoms with Crippen molar-refractivity contribution in [1.82, 2.24) is 10.6 Å². The van der Waals surface area contributed by atoms with Crippen molar-refractivity contribution in [2.45, 2.75) is 64.3 Å². The summed E-state index contributed by atoms with van der Waals surface area (Å²) in [5, 5.41) is 7.45. The minimum Gasteiger partial charge on any atom is -0.316 e. The predicted molar refractivity (Wildman–Crippen MR) is 69.7 cm³/mol. The summed E-state index contributed by atoms with van der Waals surface area (Å²) in [6.45, 7) is 8.42. The Hall–Kier alpha value is -0.0800. The monoisotopic (exact) mass is 224 g/mol. The molecular formula is C14H28N2. The zero-order valence-corrected chi connectivity index (χ0v) is 11.1. The standard InChI is InChI=1S/C14H28N2/c1-3-14(9-6-10-15-11-14)12-16-13(2)7-4-5-8-13/h15-16H,3-12H2,1-2H3. The minimum atomic E-state index is 0.444. The molecule has 0 aromatic carbocycles. The molecular weight excluding hydrogens is 196 g/mol. The third kappa shape index (κ3) is 2.78. The van der Waals surface area contributed by atoms with Crippen LogP contribution in [0.25, 0.3) is 0 Å². The Kier molecular flexibility index (Phi) is 3.91. The Morgan fingerprint density at radius 2 is 1.88 bits per heavy atom. The number of nitrogens with one attached hydrogen (secondary N) is 2. The van der Waals surface area contributed by atoms with Crippen molar-refractivity contribution < 1.29 is 0 Å². The summed E-state index contributed by atoms with van der Waals surface area (Å²) in [4.78, 5) is 0. The Morgan fingerprint density at radius 3 is 2.44 bits per heavy atom. The molecule has 2 aliphatic rings. The molecule has 1 saturated heterocycles. The Bertz CT molecular complexity index is 213. The van der Waals surface area contributed by atoms with Crippen LogP contribution in [0.15, 0.2) is 0 Å². The molecule has 1 aliphatic carbocycles. The summed E-state index contributed by atoms with van der Waals surface area (Å²) in [5.74, 6) is 0. The average Bonchev–Trinajstić information content (AvgIpc) is 2.76. The molecule has 1 aliphatic heterocycles. The first-order valence-corrected chi connectivity index (χ1v) is 7.14. The third-order valence-electron chi connectivity index (χ3n) is 4.91. The lowest BCUT2D eigenvalue weighted by molar-refractivity contribution is 0.170. The largest absolute Gasteiger partial charge is 0.316 e. The van der Waals surface area contributed by atoms with Crippen molar-refractivity contribution in [3.05, 3.63) is 0 Å². The van der Waals surface area contributed by atoms with E-state index in [0.29, 0.717) is 11.0 Å². The molecule has 2 heteroatoms. The molecule has 0 aromatic rings. The van der Waals surface area contributed by atoms with Gasteiger partial charge in [0, 0.05) is 18.6 Å². The van der Waals surface area contributed by atoms with Gasteiger partial charge in [-0.2, -0.15) is 0 Å². The van der Waals surface area contributed by atoms with E-state index in [4.69, 9.17) is 0 Å². The van der Waals surface area contributed by atoms with Gasteiger partial charge < -0.3 is 10.6 Å². The average molecular weight is 224 g/mol. The van der Waals surface area contributed by atoms with Crippen LogP contribution in [0, 0.1) is 5.41 Å². The Morgan fingerprint density at radius 1 is 1.12 bits per heavy atom. The van der Waals surface area contributed by atoms with E-state index in [0.717, 1.165) is 0 Å². The van der Waals surface area contributed by atoms with Crippen LogP contribution in [-0.4, -0.2) is 25.2 Å². The molecule has 2 nitrogen and oxygen atoms in total. The topological polar surface area (TPSA) is 24.1 Å². The molecule has 2 N–H and O–H groups in total. The molecule has 16 heavy (non-hydrogen) atoms. The summed E-state index contributed by atoms with van der Waals surface area (Å²) >= 11 is 0. The summed E-state index contributed by atoms with van der Waals surface area (Å²) < 4.78 is 0. The van der Waals surface area contributed by atoms with Gasteiger partial charge in [0.2, 0.25) is 0 Å². The van der Waals surface area contributed by atoms with E-state index < -0.39 is 0 Å².